The first kappa shape index (κ1) is 9.21. The highest BCUT2D eigenvalue weighted by Gasteiger charge is 2.10. The number of nitrogens with zero attached hydrogens (tertiary/aromatic N) is 2. The molecule has 2 aromatic heterocycles. The number of hydrogen-bond donors (Lipinski definition) is 0. The molecular weight excluding hydrogens is 248 g/mol. The molecule has 14 heavy (non-hydrogen) atoms. The van der Waals surface area contributed by atoms with Crippen LogP contribution in [-0.2, 0) is 0 Å². The van der Waals surface area contributed by atoms with E-state index in [0.717, 1.165) is 10.8 Å². The molecule has 2 heterocycles. The Kier molecular flexibility index (Phi) is 2.25. The van der Waals surface area contributed by atoms with Gasteiger partial charge in [0.25, 0.3) is 0 Å². The van der Waals surface area contributed by atoms with Gasteiger partial charge in [-0.1, -0.05) is 0 Å². The van der Waals surface area contributed by atoms with E-state index in [1.54, 1.807) is 17.6 Å². The molecule has 0 aliphatic rings. The molecule has 0 radical (unpaired) electrons. The molecule has 0 spiro atoms. The van der Waals surface area contributed by atoms with E-state index in [0.29, 0.717) is 17.2 Å². The van der Waals surface area contributed by atoms with Gasteiger partial charge in [0.05, 0.1) is 17.8 Å². The Morgan fingerprint density at radius 1 is 1.57 bits per heavy atom. The molecule has 4 nitrogen and oxygen atoms in total. The van der Waals surface area contributed by atoms with Crippen LogP contribution >= 0.6 is 15.9 Å². The van der Waals surface area contributed by atoms with Crippen LogP contribution in [0.3, 0.4) is 0 Å². The van der Waals surface area contributed by atoms with Crippen molar-refractivity contribution in [1.29, 1.82) is 0 Å². The van der Waals surface area contributed by atoms with Gasteiger partial charge in [-0.2, -0.15) is 0 Å². The summed E-state index contributed by atoms with van der Waals surface area (Å²) < 4.78 is 7.61. The smallest absolute Gasteiger partial charge is 0.214 e. The summed E-state index contributed by atoms with van der Waals surface area (Å²) in [4.78, 5) is 14.8. The molecule has 0 bridgehead atoms. The molecule has 0 unspecified atom stereocenters. The Labute approximate surface area is 88.6 Å². The summed E-state index contributed by atoms with van der Waals surface area (Å²) in [5.74, 6) is 0.571. The maximum atomic E-state index is 10.7. The average Bonchev–Trinajstić information content (AvgIpc) is 2.61. The lowest BCUT2D eigenvalue weighted by Crippen LogP contribution is -1.98. The molecule has 5 heteroatoms. The number of methoxy groups -OCH3 is 1. The standard InChI is InChI=1S/C9H7BrN2O2/c1-14-9-7(10)2-3-8-11-4-6(5-13)12(8)9/h2-5H,1H3. The Morgan fingerprint density at radius 2 is 2.36 bits per heavy atom. The molecule has 0 aliphatic heterocycles. The molecule has 0 fully saturated rings. The Bertz CT molecular complexity index is 493. The number of carbonyl (C=O) groups excluding carboxylic acids is 1. The van der Waals surface area contributed by atoms with Gasteiger partial charge in [-0.15, -0.1) is 0 Å². The van der Waals surface area contributed by atoms with Crippen LogP contribution < -0.4 is 4.74 Å². The molecular formula is C9H7BrN2O2. The summed E-state index contributed by atoms with van der Waals surface area (Å²) in [6.45, 7) is 0. The number of hydrogen-bond acceptors (Lipinski definition) is 3. The van der Waals surface area contributed by atoms with E-state index in [9.17, 15) is 4.79 Å². The van der Waals surface area contributed by atoms with Crippen molar-refractivity contribution >= 4 is 27.9 Å². The minimum atomic E-state index is 0.471. The number of ether oxygens (including phenoxy) is 1. The quantitative estimate of drug-likeness (QED) is 0.770. The molecule has 0 saturated carbocycles. The number of fused-ring (bicyclic) bond motifs is 1. The van der Waals surface area contributed by atoms with Crippen molar-refractivity contribution in [2.45, 2.75) is 0 Å². The van der Waals surface area contributed by atoms with Crippen LogP contribution in [0.15, 0.2) is 22.8 Å². The predicted octanol–water partition coefficient (Wildman–Crippen LogP) is 1.92. The third-order valence-electron chi connectivity index (χ3n) is 1.92. The molecule has 2 aromatic rings. The molecule has 0 N–H and O–H groups in total. The van der Waals surface area contributed by atoms with E-state index in [-0.39, 0.29) is 0 Å². The number of carbonyl (C=O) groups is 1. The SMILES string of the molecule is COc1c(Br)ccc2ncc(C=O)n12. The third kappa shape index (κ3) is 1.21. The second kappa shape index (κ2) is 3.42. The minimum absolute atomic E-state index is 0.471. The van der Waals surface area contributed by atoms with E-state index in [1.165, 1.54) is 6.20 Å². The first-order chi connectivity index (χ1) is 6.77. The lowest BCUT2D eigenvalue weighted by atomic mass is 10.4. The molecule has 0 aromatic carbocycles. The first-order valence-corrected chi connectivity index (χ1v) is 4.72. The fourth-order valence-electron chi connectivity index (χ4n) is 1.32. The predicted molar refractivity (Wildman–Crippen MR) is 54.8 cm³/mol. The van der Waals surface area contributed by atoms with Crippen molar-refractivity contribution in [2.24, 2.45) is 0 Å². The van der Waals surface area contributed by atoms with Crippen LogP contribution in [0.1, 0.15) is 10.5 Å². The van der Waals surface area contributed by atoms with Crippen molar-refractivity contribution in [1.82, 2.24) is 9.38 Å². The van der Waals surface area contributed by atoms with Gasteiger partial charge >= 0.3 is 0 Å². The van der Waals surface area contributed by atoms with E-state index >= 15 is 0 Å². The van der Waals surface area contributed by atoms with Gasteiger partial charge in [0.2, 0.25) is 5.88 Å². The number of aldehydes is 1. The zero-order valence-electron chi connectivity index (χ0n) is 7.40. The lowest BCUT2D eigenvalue weighted by molar-refractivity contribution is 0.111. The van der Waals surface area contributed by atoms with E-state index in [2.05, 4.69) is 20.9 Å². The number of rotatable bonds is 2. The Hall–Kier alpha value is -1.36. The zero-order valence-corrected chi connectivity index (χ0v) is 8.98. The van der Waals surface area contributed by atoms with Gasteiger partial charge in [-0.3, -0.25) is 9.20 Å². The number of aromatic nitrogens is 2. The molecule has 0 amide bonds. The van der Waals surface area contributed by atoms with Crippen molar-refractivity contribution in [3.63, 3.8) is 0 Å². The summed E-state index contributed by atoms with van der Waals surface area (Å²) >= 11 is 3.34. The minimum Gasteiger partial charge on any atom is -0.481 e. The van der Waals surface area contributed by atoms with Crippen molar-refractivity contribution in [2.75, 3.05) is 7.11 Å². The van der Waals surface area contributed by atoms with Gasteiger partial charge in [-0.25, -0.2) is 4.98 Å². The van der Waals surface area contributed by atoms with E-state index in [1.807, 2.05) is 6.07 Å². The molecule has 2 rings (SSSR count). The highest BCUT2D eigenvalue weighted by Crippen LogP contribution is 2.26. The van der Waals surface area contributed by atoms with Crippen molar-refractivity contribution < 1.29 is 9.53 Å². The summed E-state index contributed by atoms with van der Waals surface area (Å²) in [5.41, 5.74) is 1.16. The highest BCUT2D eigenvalue weighted by molar-refractivity contribution is 9.10. The van der Waals surface area contributed by atoms with Crippen LogP contribution in [0.4, 0.5) is 0 Å². The second-order valence-corrected chi connectivity index (χ2v) is 3.54. The average molecular weight is 255 g/mol. The van der Waals surface area contributed by atoms with Crippen LogP contribution in [0.25, 0.3) is 5.65 Å². The van der Waals surface area contributed by atoms with Crippen molar-refractivity contribution in [3.05, 3.63) is 28.5 Å². The van der Waals surface area contributed by atoms with Crippen LogP contribution in [-0.4, -0.2) is 22.8 Å². The normalized spacial score (nSPS) is 10.4. The zero-order chi connectivity index (χ0) is 10.1. The van der Waals surface area contributed by atoms with E-state index in [4.69, 9.17) is 4.74 Å². The summed E-state index contributed by atoms with van der Waals surface area (Å²) in [6.07, 6.45) is 2.26. The largest absolute Gasteiger partial charge is 0.481 e. The number of halogens is 1. The van der Waals surface area contributed by atoms with Crippen molar-refractivity contribution in [3.8, 4) is 5.88 Å². The maximum absolute atomic E-state index is 10.7. The highest BCUT2D eigenvalue weighted by atomic mass is 79.9. The summed E-state index contributed by atoms with van der Waals surface area (Å²) in [6, 6.07) is 3.63. The molecule has 72 valence electrons. The fraction of sp³-hybridized carbons (Fsp3) is 0.111. The summed E-state index contributed by atoms with van der Waals surface area (Å²) in [7, 11) is 1.55. The van der Waals surface area contributed by atoms with Crippen LogP contribution in [0, 0.1) is 0 Å². The maximum Gasteiger partial charge on any atom is 0.214 e. The summed E-state index contributed by atoms with van der Waals surface area (Å²) in [5, 5.41) is 0. The monoisotopic (exact) mass is 254 g/mol. The van der Waals surface area contributed by atoms with Gasteiger partial charge in [0.15, 0.2) is 6.29 Å². The number of imidazole rings is 1. The molecule has 0 saturated heterocycles. The van der Waals surface area contributed by atoms with Crippen LogP contribution in [0.5, 0.6) is 5.88 Å². The first-order valence-electron chi connectivity index (χ1n) is 3.93. The van der Waals surface area contributed by atoms with E-state index < -0.39 is 0 Å². The molecule has 0 atom stereocenters. The van der Waals surface area contributed by atoms with Gasteiger partial charge < -0.3 is 4.74 Å². The molecule has 0 aliphatic carbocycles. The third-order valence-corrected chi connectivity index (χ3v) is 2.52. The van der Waals surface area contributed by atoms with Crippen LogP contribution in [0.2, 0.25) is 0 Å². The lowest BCUT2D eigenvalue weighted by Gasteiger charge is -2.06. The fourth-order valence-corrected chi connectivity index (χ4v) is 1.79. The van der Waals surface area contributed by atoms with Gasteiger partial charge in [-0.05, 0) is 28.1 Å². The van der Waals surface area contributed by atoms with Gasteiger partial charge in [0.1, 0.15) is 11.3 Å². The topological polar surface area (TPSA) is 43.6 Å². The Morgan fingerprint density at radius 3 is 3.00 bits per heavy atom. The van der Waals surface area contributed by atoms with Gasteiger partial charge in [0, 0.05) is 0 Å². The second-order valence-electron chi connectivity index (χ2n) is 2.69. The number of pyridine rings is 1. The Balaban J connectivity index is 2.88.